The van der Waals surface area contributed by atoms with Gasteiger partial charge in [0, 0.05) is 31.6 Å². The monoisotopic (exact) mass is 204 g/mol. The van der Waals surface area contributed by atoms with Crippen molar-refractivity contribution in [2.45, 2.75) is 26.3 Å². The van der Waals surface area contributed by atoms with Gasteiger partial charge in [-0.05, 0) is 26.4 Å². The Morgan fingerprint density at radius 1 is 1.38 bits per heavy atom. The van der Waals surface area contributed by atoms with Crippen LogP contribution in [0.25, 0.3) is 0 Å². The van der Waals surface area contributed by atoms with E-state index in [1.807, 2.05) is 0 Å². The van der Waals surface area contributed by atoms with Crippen LogP contribution in [0.1, 0.15) is 20.3 Å². The van der Waals surface area contributed by atoms with Gasteiger partial charge in [-0.15, -0.1) is 11.6 Å². The quantitative estimate of drug-likeness (QED) is 0.643. The average molecular weight is 205 g/mol. The Bertz CT molecular complexity index is 141. The minimum atomic E-state index is 0.717. The number of likely N-dealkylation sites (N-methyl/N-ethyl adjacent to an activating group) is 1. The van der Waals surface area contributed by atoms with Crippen molar-refractivity contribution in [3.8, 4) is 0 Å². The van der Waals surface area contributed by atoms with E-state index < -0.39 is 0 Å². The summed E-state index contributed by atoms with van der Waals surface area (Å²) in [6, 6.07) is 0.717. The third kappa shape index (κ3) is 3.45. The number of rotatable bonds is 4. The molecule has 0 amide bonds. The second-order valence-electron chi connectivity index (χ2n) is 3.82. The Morgan fingerprint density at radius 3 is 2.69 bits per heavy atom. The predicted octanol–water partition coefficient (Wildman–Crippen LogP) is 1.64. The normalized spacial score (nSPS) is 26.5. The first-order valence-electron chi connectivity index (χ1n) is 5.30. The zero-order chi connectivity index (χ0) is 9.68. The molecule has 0 N–H and O–H groups in total. The molecule has 1 aliphatic rings. The fraction of sp³-hybridized carbons (Fsp3) is 1.00. The lowest BCUT2D eigenvalue weighted by molar-refractivity contribution is 0.0884. The topological polar surface area (TPSA) is 6.48 Å². The van der Waals surface area contributed by atoms with Crippen LogP contribution < -0.4 is 0 Å². The lowest BCUT2D eigenvalue weighted by atomic mass is 10.2. The molecule has 1 unspecified atom stereocenters. The Morgan fingerprint density at radius 2 is 2.15 bits per heavy atom. The van der Waals surface area contributed by atoms with E-state index in [-0.39, 0.29) is 0 Å². The molecule has 1 aliphatic heterocycles. The highest BCUT2D eigenvalue weighted by Crippen LogP contribution is 2.09. The van der Waals surface area contributed by atoms with Crippen molar-refractivity contribution < 1.29 is 0 Å². The largest absolute Gasteiger partial charge is 0.300 e. The third-order valence-corrected chi connectivity index (χ3v) is 3.13. The molecular formula is C10H21ClN2. The molecule has 1 saturated heterocycles. The number of hydrogen-bond donors (Lipinski definition) is 0. The van der Waals surface area contributed by atoms with Gasteiger partial charge in [-0.2, -0.15) is 0 Å². The second kappa shape index (κ2) is 5.84. The van der Waals surface area contributed by atoms with Gasteiger partial charge in [0.1, 0.15) is 0 Å². The Hall–Kier alpha value is 0.210. The van der Waals surface area contributed by atoms with Crippen molar-refractivity contribution >= 4 is 11.6 Å². The van der Waals surface area contributed by atoms with Crippen LogP contribution in [0.3, 0.4) is 0 Å². The molecule has 1 atom stereocenters. The maximum atomic E-state index is 5.68. The average Bonchev–Trinajstić information content (AvgIpc) is 2.15. The summed E-state index contributed by atoms with van der Waals surface area (Å²) in [4.78, 5) is 5.07. The van der Waals surface area contributed by atoms with E-state index in [4.69, 9.17) is 11.6 Å². The lowest BCUT2D eigenvalue weighted by Crippen LogP contribution is -2.51. The summed E-state index contributed by atoms with van der Waals surface area (Å²) in [5.41, 5.74) is 0. The van der Waals surface area contributed by atoms with Crippen LogP contribution in [0.2, 0.25) is 0 Å². The van der Waals surface area contributed by atoms with Crippen LogP contribution in [0.5, 0.6) is 0 Å². The standard InChI is InChI=1S/C10H21ClN2/c1-3-13-8-7-12(6-4-5-11)9-10(13)2/h10H,3-9H2,1-2H3. The highest BCUT2D eigenvalue weighted by Gasteiger charge is 2.21. The summed E-state index contributed by atoms with van der Waals surface area (Å²) in [6.07, 6.45) is 1.13. The molecule has 3 heteroatoms. The van der Waals surface area contributed by atoms with Crippen LogP contribution in [0, 0.1) is 0 Å². The first-order valence-corrected chi connectivity index (χ1v) is 5.83. The van der Waals surface area contributed by atoms with Gasteiger partial charge in [-0.3, -0.25) is 4.90 Å². The second-order valence-corrected chi connectivity index (χ2v) is 4.20. The van der Waals surface area contributed by atoms with E-state index in [2.05, 4.69) is 23.6 Å². The predicted molar refractivity (Wildman–Crippen MR) is 58.5 cm³/mol. The zero-order valence-corrected chi connectivity index (χ0v) is 9.56. The van der Waals surface area contributed by atoms with E-state index in [0.717, 1.165) is 12.3 Å². The molecule has 0 aliphatic carbocycles. The third-order valence-electron chi connectivity index (χ3n) is 2.86. The maximum Gasteiger partial charge on any atom is 0.0235 e. The van der Waals surface area contributed by atoms with Gasteiger partial charge in [0.15, 0.2) is 0 Å². The summed E-state index contributed by atoms with van der Waals surface area (Å²) in [5, 5.41) is 0. The highest BCUT2D eigenvalue weighted by atomic mass is 35.5. The first-order chi connectivity index (χ1) is 6.27. The summed E-state index contributed by atoms with van der Waals surface area (Å²) < 4.78 is 0. The van der Waals surface area contributed by atoms with Crippen molar-refractivity contribution in [2.75, 3.05) is 38.6 Å². The minimum Gasteiger partial charge on any atom is -0.300 e. The number of nitrogens with zero attached hydrogens (tertiary/aromatic N) is 2. The highest BCUT2D eigenvalue weighted by molar-refractivity contribution is 6.17. The van der Waals surface area contributed by atoms with Crippen molar-refractivity contribution in [3.63, 3.8) is 0 Å². The molecule has 0 aromatic rings. The molecule has 0 spiro atoms. The molecule has 0 aromatic heterocycles. The molecule has 13 heavy (non-hydrogen) atoms. The van der Waals surface area contributed by atoms with Gasteiger partial charge >= 0.3 is 0 Å². The Kier molecular flexibility index (Phi) is 5.07. The molecular weight excluding hydrogens is 184 g/mol. The van der Waals surface area contributed by atoms with E-state index in [1.165, 1.54) is 32.7 Å². The van der Waals surface area contributed by atoms with Gasteiger partial charge in [0.05, 0.1) is 0 Å². The van der Waals surface area contributed by atoms with Crippen LogP contribution in [0.4, 0.5) is 0 Å². The summed E-state index contributed by atoms with van der Waals surface area (Å²) in [7, 11) is 0. The van der Waals surface area contributed by atoms with Gasteiger partial charge in [0.2, 0.25) is 0 Å². The SMILES string of the molecule is CCN1CCN(CCCCl)CC1C. The fourth-order valence-electron chi connectivity index (χ4n) is 2.03. The molecule has 1 fully saturated rings. The first kappa shape index (κ1) is 11.3. The fourth-order valence-corrected chi connectivity index (χ4v) is 2.15. The molecule has 0 bridgehead atoms. The van der Waals surface area contributed by atoms with E-state index in [9.17, 15) is 0 Å². The van der Waals surface area contributed by atoms with Crippen LogP contribution in [0.15, 0.2) is 0 Å². The molecule has 0 aromatic carbocycles. The zero-order valence-electron chi connectivity index (χ0n) is 8.80. The smallest absolute Gasteiger partial charge is 0.0235 e. The van der Waals surface area contributed by atoms with Crippen LogP contribution in [-0.4, -0.2) is 54.4 Å². The van der Waals surface area contributed by atoms with Crippen molar-refractivity contribution in [3.05, 3.63) is 0 Å². The summed E-state index contributed by atoms with van der Waals surface area (Å²) in [5.74, 6) is 0.794. The van der Waals surface area contributed by atoms with E-state index in [1.54, 1.807) is 0 Å². The van der Waals surface area contributed by atoms with Crippen LogP contribution in [-0.2, 0) is 0 Å². The van der Waals surface area contributed by atoms with Gasteiger partial charge in [-0.25, -0.2) is 0 Å². The number of alkyl halides is 1. The minimum absolute atomic E-state index is 0.717. The van der Waals surface area contributed by atoms with E-state index >= 15 is 0 Å². The maximum absolute atomic E-state index is 5.68. The molecule has 78 valence electrons. The summed E-state index contributed by atoms with van der Waals surface area (Å²) in [6.45, 7) is 10.6. The lowest BCUT2D eigenvalue weighted by Gasteiger charge is -2.39. The van der Waals surface area contributed by atoms with Crippen LogP contribution >= 0.6 is 11.6 Å². The van der Waals surface area contributed by atoms with Gasteiger partial charge in [0.25, 0.3) is 0 Å². The Labute approximate surface area is 86.8 Å². The van der Waals surface area contributed by atoms with Crippen molar-refractivity contribution in [1.29, 1.82) is 0 Å². The molecule has 1 rings (SSSR count). The molecule has 0 radical (unpaired) electrons. The van der Waals surface area contributed by atoms with Crippen molar-refractivity contribution in [2.24, 2.45) is 0 Å². The number of hydrogen-bond acceptors (Lipinski definition) is 2. The van der Waals surface area contributed by atoms with Gasteiger partial charge < -0.3 is 4.90 Å². The van der Waals surface area contributed by atoms with E-state index in [0.29, 0.717) is 6.04 Å². The Balaban J connectivity index is 2.24. The molecule has 2 nitrogen and oxygen atoms in total. The van der Waals surface area contributed by atoms with Crippen molar-refractivity contribution in [1.82, 2.24) is 9.80 Å². The molecule has 1 heterocycles. The number of piperazine rings is 1. The number of halogens is 1. The summed E-state index contributed by atoms with van der Waals surface area (Å²) >= 11 is 5.68. The molecule has 0 saturated carbocycles. The van der Waals surface area contributed by atoms with Gasteiger partial charge in [-0.1, -0.05) is 6.92 Å².